The van der Waals surface area contributed by atoms with E-state index >= 15 is 0 Å². The normalized spacial score (nSPS) is 17.1. The van der Waals surface area contributed by atoms with Crippen molar-refractivity contribution < 1.29 is 14.7 Å². The van der Waals surface area contributed by atoms with E-state index in [2.05, 4.69) is 20.5 Å². The zero-order valence-electron chi connectivity index (χ0n) is 12.4. The highest BCUT2D eigenvalue weighted by atomic mass is 16.4. The van der Waals surface area contributed by atoms with Gasteiger partial charge in [-0.15, -0.1) is 5.10 Å². The second-order valence-electron chi connectivity index (χ2n) is 5.70. The van der Waals surface area contributed by atoms with E-state index in [-0.39, 0.29) is 23.7 Å². The Balaban J connectivity index is 1.95. The first-order chi connectivity index (χ1) is 9.93. The van der Waals surface area contributed by atoms with Gasteiger partial charge in [-0.2, -0.15) is 0 Å². The number of aromatic nitrogens is 3. The van der Waals surface area contributed by atoms with Crippen LogP contribution in [-0.4, -0.2) is 63.1 Å². The van der Waals surface area contributed by atoms with Crippen LogP contribution in [0, 0.1) is 0 Å². The number of aliphatic carboxylic acids is 1. The Hall–Kier alpha value is -1.96. The molecule has 2 rings (SSSR count). The molecule has 1 heterocycles. The van der Waals surface area contributed by atoms with Gasteiger partial charge in [0.25, 0.3) is 5.91 Å². The number of rotatable bonds is 6. The molecule has 1 fully saturated rings. The van der Waals surface area contributed by atoms with Gasteiger partial charge in [0.05, 0.1) is 6.20 Å². The van der Waals surface area contributed by atoms with Crippen LogP contribution in [0.3, 0.4) is 0 Å². The third-order valence-corrected chi connectivity index (χ3v) is 4.13. The van der Waals surface area contributed by atoms with E-state index in [0.29, 0.717) is 6.54 Å². The van der Waals surface area contributed by atoms with Crippen molar-refractivity contribution in [3.8, 4) is 0 Å². The van der Waals surface area contributed by atoms with Crippen LogP contribution >= 0.6 is 0 Å². The van der Waals surface area contributed by atoms with Crippen LogP contribution in [-0.2, 0) is 11.3 Å². The Kier molecular flexibility index (Phi) is 4.56. The van der Waals surface area contributed by atoms with Crippen molar-refractivity contribution in [3.63, 3.8) is 0 Å². The smallest absolute Gasteiger partial charge is 0.325 e. The first kappa shape index (κ1) is 15.4. The first-order valence-corrected chi connectivity index (χ1v) is 7.00. The molecule has 0 bridgehead atoms. The minimum atomic E-state index is -1.02. The average molecular weight is 295 g/mol. The lowest BCUT2D eigenvalue weighted by Crippen LogP contribution is -2.50. The number of carbonyl (C=O) groups is 2. The Morgan fingerprint density at radius 1 is 1.43 bits per heavy atom. The molecule has 0 unspecified atom stereocenters. The Morgan fingerprint density at radius 2 is 2.10 bits per heavy atom. The zero-order valence-corrected chi connectivity index (χ0v) is 12.4. The van der Waals surface area contributed by atoms with Gasteiger partial charge in [-0.3, -0.25) is 9.59 Å². The standard InChI is InChI=1S/C13H21N5O3/c1-17(2)13(5-3-4-6-13)9-14-12(21)10-7-18(16-15-10)8-11(19)20/h7H,3-6,8-9H2,1-2H3,(H,14,21)(H,19,20). The van der Waals surface area contributed by atoms with Crippen molar-refractivity contribution in [2.24, 2.45) is 0 Å². The molecule has 1 amide bonds. The molecular formula is C13H21N5O3. The molecule has 1 aromatic rings. The highest BCUT2D eigenvalue weighted by Crippen LogP contribution is 2.33. The minimum absolute atomic E-state index is 0.00667. The van der Waals surface area contributed by atoms with Crippen LogP contribution in [0.5, 0.6) is 0 Å². The monoisotopic (exact) mass is 295 g/mol. The van der Waals surface area contributed by atoms with E-state index in [9.17, 15) is 9.59 Å². The molecule has 116 valence electrons. The number of hydrogen-bond donors (Lipinski definition) is 2. The molecule has 0 atom stereocenters. The lowest BCUT2D eigenvalue weighted by Gasteiger charge is -2.36. The number of likely N-dealkylation sites (N-methyl/N-ethyl adjacent to an activating group) is 1. The fraction of sp³-hybridized carbons (Fsp3) is 0.692. The van der Waals surface area contributed by atoms with Gasteiger partial charge < -0.3 is 15.3 Å². The Bertz CT molecular complexity index is 520. The number of nitrogens with zero attached hydrogens (tertiary/aromatic N) is 4. The van der Waals surface area contributed by atoms with Crippen LogP contribution in [0.15, 0.2) is 6.20 Å². The highest BCUT2D eigenvalue weighted by Gasteiger charge is 2.36. The molecule has 21 heavy (non-hydrogen) atoms. The maximum atomic E-state index is 12.1. The van der Waals surface area contributed by atoms with Crippen molar-refractivity contribution >= 4 is 11.9 Å². The number of hydrogen-bond acceptors (Lipinski definition) is 5. The van der Waals surface area contributed by atoms with Crippen molar-refractivity contribution in [2.75, 3.05) is 20.6 Å². The van der Waals surface area contributed by atoms with Gasteiger partial charge in [-0.05, 0) is 26.9 Å². The quantitative estimate of drug-likeness (QED) is 0.764. The second-order valence-corrected chi connectivity index (χ2v) is 5.70. The van der Waals surface area contributed by atoms with Crippen LogP contribution in [0.2, 0.25) is 0 Å². The van der Waals surface area contributed by atoms with Crippen molar-refractivity contribution in [2.45, 2.75) is 37.8 Å². The molecule has 8 heteroatoms. The topological polar surface area (TPSA) is 100 Å². The molecule has 2 N–H and O–H groups in total. The fourth-order valence-corrected chi connectivity index (χ4v) is 2.77. The number of nitrogens with one attached hydrogen (secondary N) is 1. The summed E-state index contributed by atoms with van der Waals surface area (Å²) in [5.74, 6) is -1.34. The van der Waals surface area contributed by atoms with Gasteiger partial charge in [0, 0.05) is 12.1 Å². The Morgan fingerprint density at radius 3 is 2.67 bits per heavy atom. The largest absolute Gasteiger partial charge is 0.480 e. The minimum Gasteiger partial charge on any atom is -0.480 e. The number of carboxylic acids is 1. The summed E-state index contributed by atoms with van der Waals surface area (Å²) in [6, 6.07) is 0. The molecule has 1 aliphatic carbocycles. The maximum Gasteiger partial charge on any atom is 0.325 e. The van der Waals surface area contributed by atoms with E-state index in [1.54, 1.807) is 0 Å². The molecule has 8 nitrogen and oxygen atoms in total. The summed E-state index contributed by atoms with van der Waals surface area (Å²) >= 11 is 0. The van der Waals surface area contributed by atoms with Crippen molar-refractivity contribution in [1.82, 2.24) is 25.2 Å². The molecule has 1 saturated carbocycles. The van der Waals surface area contributed by atoms with Crippen LogP contribution < -0.4 is 5.32 Å². The number of carboxylic acid groups (broad SMARTS) is 1. The SMILES string of the molecule is CN(C)C1(CNC(=O)c2cn(CC(=O)O)nn2)CCCC1. The second kappa shape index (κ2) is 6.21. The molecular weight excluding hydrogens is 274 g/mol. The molecule has 0 aromatic carbocycles. The molecule has 0 saturated heterocycles. The first-order valence-electron chi connectivity index (χ1n) is 7.00. The van der Waals surface area contributed by atoms with Gasteiger partial charge in [0.15, 0.2) is 5.69 Å². The van der Waals surface area contributed by atoms with Gasteiger partial charge in [-0.25, -0.2) is 4.68 Å². The van der Waals surface area contributed by atoms with Crippen LogP contribution in [0.1, 0.15) is 36.2 Å². The predicted octanol–water partition coefficient (Wildman–Crippen LogP) is -0.0331. The van der Waals surface area contributed by atoms with Crippen LogP contribution in [0.25, 0.3) is 0 Å². The lowest BCUT2D eigenvalue weighted by molar-refractivity contribution is -0.137. The molecule has 1 aliphatic rings. The van der Waals surface area contributed by atoms with Gasteiger partial charge in [-0.1, -0.05) is 18.1 Å². The maximum absolute atomic E-state index is 12.1. The summed E-state index contributed by atoms with van der Waals surface area (Å²) in [5, 5.41) is 18.9. The highest BCUT2D eigenvalue weighted by molar-refractivity contribution is 5.91. The van der Waals surface area contributed by atoms with Crippen molar-refractivity contribution in [1.29, 1.82) is 0 Å². The number of carbonyl (C=O) groups excluding carboxylic acids is 1. The molecule has 0 spiro atoms. The van der Waals surface area contributed by atoms with E-state index in [4.69, 9.17) is 5.11 Å². The summed E-state index contributed by atoms with van der Waals surface area (Å²) in [5.41, 5.74) is 0.148. The van der Waals surface area contributed by atoms with E-state index in [0.717, 1.165) is 17.5 Å². The summed E-state index contributed by atoms with van der Waals surface area (Å²) in [6.07, 6.45) is 5.81. The van der Waals surface area contributed by atoms with E-state index in [1.165, 1.54) is 19.0 Å². The fourth-order valence-electron chi connectivity index (χ4n) is 2.77. The summed E-state index contributed by atoms with van der Waals surface area (Å²) < 4.78 is 1.13. The average Bonchev–Trinajstić information content (AvgIpc) is 3.05. The molecule has 1 aromatic heterocycles. The van der Waals surface area contributed by atoms with Crippen molar-refractivity contribution in [3.05, 3.63) is 11.9 Å². The third-order valence-electron chi connectivity index (χ3n) is 4.13. The third kappa shape index (κ3) is 3.57. The molecule has 0 radical (unpaired) electrons. The van der Waals surface area contributed by atoms with E-state index in [1.807, 2.05) is 14.1 Å². The zero-order chi connectivity index (χ0) is 15.5. The van der Waals surface area contributed by atoms with Gasteiger partial charge >= 0.3 is 5.97 Å². The summed E-state index contributed by atoms with van der Waals surface area (Å²) in [6.45, 7) is 0.256. The summed E-state index contributed by atoms with van der Waals surface area (Å²) in [7, 11) is 4.06. The summed E-state index contributed by atoms with van der Waals surface area (Å²) in [4.78, 5) is 24.8. The molecule has 0 aliphatic heterocycles. The lowest BCUT2D eigenvalue weighted by atomic mass is 9.96. The van der Waals surface area contributed by atoms with Gasteiger partial charge in [0.2, 0.25) is 0 Å². The van der Waals surface area contributed by atoms with Gasteiger partial charge in [0.1, 0.15) is 6.54 Å². The van der Waals surface area contributed by atoms with E-state index < -0.39 is 5.97 Å². The van der Waals surface area contributed by atoms with Crippen LogP contribution in [0.4, 0.5) is 0 Å². The number of amides is 1. The predicted molar refractivity (Wildman–Crippen MR) is 74.9 cm³/mol. The Labute approximate surface area is 123 Å².